The zero-order valence-corrected chi connectivity index (χ0v) is 21.1. The van der Waals surface area contributed by atoms with Crippen LogP contribution in [0.2, 0.25) is 0 Å². The van der Waals surface area contributed by atoms with Crippen LogP contribution in [-0.2, 0) is 0 Å². The van der Waals surface area contributed by atoms with Crippen molar-refractivity contribution in [3.05, 3.63) is 80.9 Å². The minimum Gasteiger partial charge on any atom is -0.478 e. The Hall–Kier alpha value is -6.98. The Morgan fingerprint density at radius 3 is 0.818 bits per heavy atom. The maximum absolute atomic E-state index is 12.3. The fraction of sp³-hybridized carbons (Fsp3) is 0. The van der Waals surface area contributed by atoms with E-state index >= 15 is 0 Å². The average Bonchev–Trinajstić information content (AvgIpc) is 2.91. The molecule has 226 valence electrons. The summed E-state index contributed by atoms with van der Waals surface area (Å²) in [5.41, 5.74) is -9.55. The Balaban J connectivity index is 2.46. The molecule has 0 aliphatic heterocycles. The number of ether oxygens (including phenoxy) is 2. The van der Waals surface area contributed by atoms with Crippen molar-refractivity contribution in [3.63, 3.8) is 0 Å². The molecule has 0 radical (unpaired) electrons. The molecule has 0 saturated heterocycles. The van der Waals surface area contributed by atoms with Crippen molar-refractivity contribution in [1.82, 2.24) is 0 Å². The van der Waals surface area contributed by atoms with Crippen LogP contribution in [0.15, 0.2) is 36.4 Å². The topological polar surface area (TPSA) is 317 Å². The van der Waals surface area contributed by atoms with Crippen molar-refractivity contribution in [1.29, 1.82) is 0 Å². The highest BCUT2D eigenvalue weighted by atomic mass is 16.5. The van der Waals surface area contributed by atoms with Gasteiger partial charge in [-0.25, -0.2) is 38.4 Å². The summed E-state index contributed by atoms with van der Waals surface area (Å²) in [7, 11) is 0. The van der Waals surface area contributed by atoms with Crippen molar-refractivity contribution in [2.45, 2.75) is 0 Å². The molecule has 0 aliphatic carbocycles. The number of carboxylic acid groups (broad SMARTS) is 8. The van der Waals surface area contributed by atoms with Crippen molar-refractivity contribution in [2.24, 2.45) is 0 Å². The molecule has 3 aromatic carbocycles. The summed E-state index contributed by atoms with van der Waals surface area (Å²) in [5, 5.41) is 76.8. The molecule has 0 aliphatic rings. The average molecular weight is 614 g/mol. The van der Waals surface area contributed by atoms with Crippen LogP contribution in [0, 0.1) is 0 Å². The van der Waals surface area contributed by atoms with E-state index in [1.54, 1.807) is 0 Å². The van der Waals surface area contributed by atoms with Gasteiger partial charge in [0.25, 0.3) is 0 Å². The molecule has 0 heterocycles. The SMILES string of the molecule is O=C(O)c1ccc(Oc2c(C(=O)O)c(C(=O)O)c(Oc3ccc(C(=O)O)c(C(=O)O)c3)c(C(=O)O)c2C(=O)O)cc1C(=O)O. The maximum atomic E-state index is 12.3. The molecule has 3 rings (SSSR count). The Bertz CT molecular complexity index is 1650. The Labute approximate surface area is 240 Å². The lowest BCUT2D eigenvalue weighted by Gasteiger charge is -2.20. The van der Waals surface area contributed by atoms with Crippen LogP contribution in [-0.4, -0.2) is 88.6 Å². The molecule has 0 spiro atoms. The third-order valence-electron chi connectivity index (χ3n) is 5.61. The van der Waals surface area contributed by atoms with Crippen LogP contribution in [0.4, 0.5) is 0 Å². The summed E-state index contributed by atoms with van der Waals surface area (Å²) in [5.74, 6) is -20.4. The van der Waals surface area contributed by atoms with E-state index < -0.39 is 115 Å². The minimum atomic E-state index is -2.23. The van der Waals surface area contributed by atoms with Gasteiger partial charge in [-0.15, -0.1) is 0 Å². The van der Waals surface area contributed by atoms with Gasteiger partial charge in [-0.3, -0.25) is 0 Å². The molecule has 0 aromatic heterocycles. The molecule has 0 amide bonds. The first-order chi connectivity index (χ1) is 20.5. The number of benzene rings is 3. The van der Waals surface area contributed by atoms with Crippen molar-refractivity contribution >= 4 is 47.8 Å². The monoisotopic (exact) mass is 614 g/mol. The molecule has 0 unspecified atom stereocenters. The quantitative estimate of drug-likeness (QED) is 0.145. The second-order valence-electron chi connectivity index (χ2n) is 8.22. The predicted octanol–water partition coefficient (Wildman–Crippen LogP) is 2.86. The first-order valence-electron chi connectivity index (χ1n) is 11.2. The molecule has 0 saturated carbocycles. The predicted molar refractivity (Wildman–Crippen MR) is 135 cm³/mol. The second kappa shape index (κ2) is 11.9. The van der Waals surface area contributed by atoms with E-state index in [9.17, 15) is 79.2 Å². The van der Waals surface area contributed by atoms with Crippen molar-refractivity contribution in [3.8, 4) is 23.0 Å². The molecule has 3 aromatic rings. The van der Waals surface area contributed by atoms with E-state index in [1.165, 1.54) is 0 Å². The minimum absolute atomic E-state index is 0.520. The van der Waals surface area contributed by atoms with Gasteiger partial charge in [0.2, 0.25) is 0 Å². The molecule has 0 fully saturated rings. The lowest BCUT2D eigenvalue weighted by molar-refractivity contribution is 0.0626. The lowest BCUT2D eigenvalue weighted by Crippen LogP contribution is -2.20. The number of carbonyl (C=O) groups is 8. The Morgan fingerprint density at radius 2 is 0.614 bits per heavy atom. The third-order valence-corrected chi connectivity index (χ3v) is 5.61. The molecule has 18 heteroatoms. The molecule has 0 bridgehead atoms. The fourth-order valence-electron chi connectivity index (χ4n) is 3.86. The smallest absolute Gasteiger partial charge is 0.340 e. The highest BCUT2D eigenvalue weighted by Crippen LogP contribution is 2.43. The first kappa shape index (κ1) is 31.5. The number of hydrogen-bond donors (Lipinski definition) is 8. The summed E-state index contributed by atoms with van der Waals surface area (Å²) in [6, 6.07) is 3.89. The number of rotatable bonds is 12. The molecule has 44 heavy (non-hydrogen) atoms. The van der Waals surface area contributed by atoms with Crippen LogP contribution in [0.5, 0.6) is 23.0 Å². The standard InChI is InChI=1S/C26H14O18/c27-19(28)9-3-1-7(5-11(9)21(31)32)43-17-13(23(35)36)15(25(39)40)18(16(26(41)42)14(17)24(37)38)44-8-2-4-10(20(29)30)12(6-8)22(33)34/h1-6H,(H,27,28)(H,29,30)(H,31,32)(H,33,34)(H,35,36)(H,37,38)(H,39,40)(H,41,42). The molecule has 8 N–H and O–H groups in total. The van der Waals surface area contributed by atoms with E-state index in [0.29, 0.717) is 24.3 Å². The second-order valence-corrected chi connectivity index (χ2v) is 8.22. The summed E-state index contributed by atoms with van der Waals surface area (Å²) in [6.45, 7) is 0. The van der Waals surface area contributed by atoms with Crippen LogP contribution in [0.3, 0.4) is 0 Å². The highest BCUT2D eigenvalue weighted by molar-refractivity contribution is 6.15. The van der Waals surface area contributed by atoms with Gasteiger partial charge in [0.1, 0.15) is 33.8 Å². The van der Waals surface area contributed by atoms with Gasteiger partial charge in [-0.1, -0.05) is 0 Å². The third kappa shape index (κ3) is 5.88. The molecular formula is C26H14O18. The highest BCUT2D eigenvalue weighted by Gasteiger charge is 2.39. The van der Waals surface area contributed by atoms with Gasteiger partial charge in [-0.2, -0.15) is 0 Å². The van der Waals surface area contributed by atoms with E-state index in [1.807, 2.05) is 0 Å². The van der Waals surface area contributed by atoms with Gasteiger partial charge >= 0.3 is 47.8 Å². The Kier molecular flexibility index (Phi) is 8.51. The summed E-state index contributed by atoms with van der Waals surface area (Å²) in [6.07, 6.45) is 0. The van der Waals surface area contributed by atoms with E-state index in [-0.39, 0.29) is 0 Å². The number of aromatic carboxylic acids is 8. The number of hydrogen-bond acceptors (Lipinski definition) is 10. The molecule has 0 atom stereocenters. The molecular weight excluding hydrogens is 600 g/mol. The van der Waals surface area contributed by atoms with Crippen molar-refractivity contribution in [2.75, 3.05) is 0 Å². The van der Waals surface area contributed by atoms with Gasteiger partial charge in [0.05, 0.1) is 22.3 Å². The van der Waals surface area contributed by atoms with Gasteiger partial charge in [0, 0.05) is 0 Å². The van der Waals surface area contributed by atoms with E-state index in [0.717, 1.165) is 12.1 Å². The zero-order valence-electron chi connectivity index (χ0n) is 21.1. The largest absolute Gasteiger partial charge is 0.478 e. The fourth-order valence-corrected chi connectivity index (χ4v) is 3.86. The molecule has 18 nitrogen and oxygen atoms in total. The summed E-state index contributed by atoms with van der Waals surface area (Å²) >= 11 is 0. The first-order valence-corrected chi connectivity index (χ1v) is 11.2. The van der Waals surface area contributed by atoms with Crippen LogP contribution in [0.1, 0.15) is 82.9 Å². The van der Waals surface area contributed by atoms with Gasteiger partial charge in [-0.05, 0) is 36.4 Å². The van der Waals surface area contributed by atoms with E-state index in [2.05, 4.69) is 0 Å². The normalized spacial score (nSPS) is 10.4. The summed E-state index contributed by atoms with van der Waals surface area (Å²) in [4.78, 5) is 95.1. The van der Waals surface area contributed by atoms with Crippen LogP contribution >= 0.6 is 0 Å². The maximum Gasteiger partial charge on any atom is 0.340 e. The van der Waals surface area contributed by atoms with Gasteiger partial charge in [0.15, 0.2) is 11.5 Å². The number of carboxylic acids is 8. The zero-order chi connectivity index (χ0) is 33.2. The summed E-state index contributed by atoms with van der Waals surface area (Å²) < 4.78 is 10.5. The Morgan fingerprint density at radius 1 is 0.364 bits per heavy atom. The van der Waals surface area contributed by atoms with E-state index in [4.69, 9.17) is 9.47 Å². The van der Waals surface area contributed by atoms with Gasteiger partial charge < -0.3 is 50.3 Å². The van der Waals surface area contributed by atoms with Crippen LogP contribution in [0.25, 0.3) is 0 Å². The van der Waals surface area contributed by atoms with Crippen LogP contribution < -0.4 is 9.47 Å². The van der Waals surface area contributed by atoms with Crippen molar-refractivity contribution < 1.29 is 88.7 Å². The lowest BCUT2D eigenvalue weighted by atomic mass is 9.94.